The first-order chi connectivity index (χ1) is 11.7. The van der Waals surface area contributed by atoms with Gasteiger partial charge in [0.05, 0.1) is 17.6 Å². The summed E-state index contributed by atoms with van der Waals surface area (Å²) in [4.78, 5) is 16.9. The van der Waals surface area contributed by atoms with Crippen LogP contribution >= 0.6 is 0 Å². The van der Waals surface area contributed by atoms with Gasteiger partial charge in [0, 0.05) is 38.5 Å². The highest BCUT2D eigenvalue weighted by Gasteiger charge is 2.37. The molecule has 0 unspecified atom stereocenters. The van der Waals surface area contributed by atoms with Gasteiger partial charge in [-0.05, 0) is 25.0 Å². The number of carbonyl (C=O) groups is 1. The Hall–Kier alpha value is -1.88. The van der Waals surface area contributed by atoms with Crippen LogP contribution < -0.4 is 5.32 Å². The number of hydrogen-bond acceptors (Lipinski definition) is 3. The molecule has 24 heavy (non-hydrogen) atoms. The molecule has 3 rings (SSSR count). The van der Waals surface area contributed by atoms with E-state index >= 15 is 0 Å². The van der Waals surface area contributed by atoms with E-state index in [4.69, 9.17) is 4.74 Å². The second kappa shape index (κ2) is 7.34. The summed E-state index contributed by atoms with van der Waals surface area (Å²) in [6.45, 7) is 4.24. The van der Waals surface area contributed by atoms with Crippen LogP contribution in [-0.4, -0.2) is 35.7 Å². The number of rotatable bonds is 8. The van der Waals surface area contributed by atoms with Crippen molar-refractivity contribution in [3.8, 4) is 0 Å². The van der Waals surface area contributed by atoms with Crippen LogP contribution in [0.15, 0.2) is 24.3 Å². The molecule has 1 aromatic heterocycles. The second-order valence-corrected chi connectivity index (χ2v) is 6.84. The lowest BCUT2D eigenvalue weighted by Crippen LogP contribution is -2.45. The second-order valence-electron chi connectivity index (χ2n) is 6.84. The maximum Gasteiger partial charge on any atom is 0.221 e. The molecule has 0 spiro atoms. The smallest absolute Gasteiger partial charge is 0.221 e. The Morgan fingerprint density at radius 2 is 2.17 bits per heavy atom. The molecule has 0 saturated heterocycles. The fourth-order valence-corrected chi connectivity index (χ4v) is 3.59. The van der Waals surface area contributed by atoms with Gasteiger partial charge in [-0.2, -0.15) is 0 Å². The molecule has 1 saturated carbocycles. The van der Waals surface area contributed by atoms with Crippen LogP contribution in [0.4, 0.5) is 0 Å². The molecule has 1 heterocycles. The van der Waals surface area contributed by atoms with Gasteiger partial charge < -0.3 is 14.6 Å². The van der Waals surface area contributed by atoms with Crippen molar-refractivity contribution < 1.29 is 9.53 Å². The molecule has 1 amide bonds. The Morgan fingerprint density at radius 1 is 1.38 bits per heavy atom. The van der Waals surface area contributed by atoms with Crippen LogP contribution in [0.1, 0.15) is 38.4 Å². The molecular weight excluding hydrogens is 302 g/mol. The van der Waals surface area contributed by atoms with E-state index in [1.54, 1.807) is 7.11 Å². The number of amides is 1. The molecule has 1 aliphatic carbocycles. The molecule has 130 valence electrons. The Morgan fingerprint density at radius 3 is 2.83 bits per heavy atom. The zero-order valence-electron chi connectivity index (χ0n) is 14.7. The Balaban J connectivity index is 1.58. The molecule has 0 atom stereocenters. The first kappa shape index (κ1) is 17.0. The molecule has 0 bridgehead atoms. The first-order valence-electron chi connectivity index (χ1n) is 8.87. The summed E-state index contributed by atoms with van der Waals surface area (Å²) >= 11 is 0. The number of carbonyl (C=O) groups excluding carboxylic acids is 1. The average Bonchev–Trinajstić information content (AvgIpc) is 2.93. The van der Waals surface area contributed by atoms with Crippen molar-refractivity contribution in [3.05, 3.63) is 30.1 Å². The van der Waals surface area contributed by atoms with Gasteiger partial charge in [0.15, 0.2) is 0 Å². The van der Waals surface area contributed by atoms with E-state index in [0.29, 0.717) is 13.0 Å². The van der Waals surface area contributed by atoms with E-state index in [-0.39, 0.29) is 11.3 Å². The Kier molecular flexibility index (Phi) is 5.19. The van der Waals surface area contributed by atoms with Gasteiger partial charge in [0.1, 0.15) is 5.82 Å². The van der Waals surface area contributed by atoms with Gasteiger partial charge in [-0.15, -0.1) is 0 Å². The summed E-state index contributed by atoms with van der Waals surface area (Å²) in [5.74, 6) is 1.15. The average molecular weight is 329 g/mol. The number of para-hydroxylation sites is 2. The lowest BCUT2D eigenvalue weighted by Gasteiger charge is -2.41. The minimum atomic E-state index is 0.109. The van der Waals surface area contributed by atoms with Crippen LogP contribution in [0.25, 0.3) is 11.0 Å². The third-order valence-electron chi connectivity index (χ3n) is 5.14. The van der Waals surface area contributed by atoms with Crippen molar-refractivity contribution in [3.63, 3.8) is 0 Å². The van der Waals surface area contributed by atoms with Crippen LogP contribution in [0.5, 0.6) is 0 Å². The number of ether oxygens (including phenoxy) is 1. The van der Waals surface area contributed by atoms with E-state index in [1.807, 2.05) is 18.2 Å². The minimum Gasteiger partial charge on any atom is -0.384 e. The molecule has 0 aliphatic heterocycles. The van der Waals surface area contributed by atoms with Crippen LogP contribution in [0.3, 0.4) is 0 Å². The lowest BCUT2D eigenvalue weighted by atomic mass is 9.69. The maximum atomic E-state index is 12.3. The van der Waals surface area contributed by atoms with Crippen molar-refractivity contribution in [2.24, 2.45) is 5.41 Å². The van der Waals surface area contributed by atoms with Gasteiger partial charge in [-0.1, -0.05) is 25.5 Å². The number of aryl methyl sites for hydroxylation is 2. The van der Waals surface area contributed by atoms with Crippen molar-refractivity contribution in [1.29, 1.82) is 0 Å². The largest absolute Gasteiger partial charge is 0.384 e. The zero-order chi connectivity index (χ0) is 17.0. The summed E-state index contributed by atoms with van der Waals surface area (Å²) in [5, 5.41) is 3.11. The van der Waals surface area contributed by atoms with Crippen LogP contribution in [-0.2, 0) is 22.5 Å². The molecule has 1 N–H and O–H groups in total. The van der Waals surface area contributed by atoms with E-state index in [0.717, 1.165) is 49.3 Å². The molecule has 5 nitrogen and oxygen atoms in total. The van der Waals surface area contributed by atoms with Gasteiger partial charge in [-0.25, -0.2) is 4.98 Å². The summed E-state index contributed by atoms with van der Waals surface area (Å²) in [5.41, 5.74) is 2.28. The highest BCUT2D eigenvalue weighted by atomic mass is 16.5. The molecule has 1 aliphatic rings. The van der Waals surface area contributed by atoms with Crippen molar-refractivity contribution >= 4 is 16.9 Å². The summed E-state index contributed by atoms with van der Waals surface area (Å²) < 4.78 is 7.48. The quantitative estimate of drug-likeness (QED) is 0.810. The van der Waals surface area contributed by atoms with Crippen molar-refractivity contribution in [2.45, 2.75) is 45.6 Å². The first-order valence-corrected chi connectivity index (χ1v) is 8.87. The molecule has 1 aromatic carbocycles. The monoisotopic (exact) mass is 329 g/mol. The lowest BCUT2D eigenvalue weighted by molar-refractivity contribution is -0.122. The fraction of sp³-hybridized carbons (Fsp3) is 0.579. The molecular formula is C19H27N3O2. The molecule has 0 radical (unpaired) electrons. The fourth-order valence-electron chi connectivity index (χ4n) is 3.59. The summed E-state index contributed by atoms with van der Waals surface area (Å²) in [7, 11) is 1.73. The number of benzene rings is 1. The summed E-state index contributed by atoms with van der Waals surface area (Å²) in [6.07, 6.45) is 4.88. The number of aromatic nitrogens is 2. The minimum absolute atomic E-state index is 0.109. The van der Waals surface area contributed by atoms with Crippen LogP contribution in [0.2, 0.25) is 0 Å². The number of nitrogens with one attached hydrogen (secondary N) is 1. The molecule has 5 heteroatoms. The van der Waals surface area contributed by atoms with Crippen molar-refractivity contribution in [1.82, 2.24) is 14.9 Å². The number of imidazole rings is 1. The third kappa shape index (κ3) is 3.46. The van der Waals surface area contributed by atoms with Crippen molar-refractivity contribution in [2.75, 3.05) is 20.3 Å². The number of hydrogen-bond donors (Lipinski definition) is 1. The Labute approximate surface area is 143 Å². The topological polar surface area (TPSA) is 56.2 Å². The van der Waals surface area contributed by atoms with Crippen LogP contribution in [0, 0.1) is 5.41 Å². The number of methoxy groups -OCH3 is 1. The zero-order valence-corrected chi connectivity index (χ0v) is 14.7. The van der Waals surface area contributed by atoms with Gasteiger partial charge >= 0.3 is 0 Å². The highest BCUT2D eigenvalue weighted by molar-refractivity contribution is 5.78. The highest BCUT2D eigenvalue weighted by Crippen LogP contribution is 2.40. The number of nitrogens with zero attached hydrogens (tertiary/aromatic N) is 2. The standard InChI is InChI=1S/C19H27N3O2/c1-3-17-21-15-7-4-5-8-16(15)22(17)12-9-18(23)20-13-19(14-24-2)10-6-11-19/h4-5,7-8H,3,6,9-14H2,1-2H3,(H,20,23). The molecule has 2 aromatic rings. The SMILES string of the molecule is CCc1nc2ccccc2n1CCC(=O)NCC1(COC)CCC1. The summed E-state index contributed by atoms with van der Waals surface area (Å²) in [6, 6.07) is 8.11. The Bertz CT molecular complexity index is 704. The van der Waals surface area contributed by atoms with E-state index in [2.05, 4.69) is 27.9 Å². The van der Waals surface area contributed by atoms with Gasteiger partial charge in [0.25, 0.3) is 0 Å². The molecule has 1 fully saturated rings. The van der Waals surface area contributed by atoms with E-state index in [1.165, 1.54) is 6.42 Å². The van der Waals surface area contributed by atoms with Gasteiger partial charge in [-0.3, -0.25) is 4.79 Å². The normalized spacial score (nSPS) is 16.1. The van der Waals surface area contributed by atoms with E-state index < -0.39 is 0 Å². The number of fused-ring (bicyclic) bond motifs is 1. The predicted octanol–water partition coefficient (Wildman–Crippen LogP) is 2.92. The van der Waals surface area contributed by atoms with Gasteiger partial charge in [0.2, 0.25) is 5.91 Å². The predicted molar refractivity (Wildman–Crippen MR) is 94.9 cm³/mol. The third-order valence-corrected chi connectivity index (χ3v) is 5.14. The van der Waals surface area contributed by atoms with E-state index in [9.17, 15) is 4.79 Å². The maximum absolute atomic E-state index is 12.3.